The van der Waals surface area contributed by atoms with Crippen molar-refractivity contribution in [1.82, 2.24) is 9.97 Å². The van der Waals surface area contributed by atoms with Gasteiger partial charge in [0, 0.05) is 9.35 Å². The molecule has 0 aliphatic heterocycles. The molecule has 1 unspecified atom stereocenters. The molecule has 0 aliphatic rings. The summed E-state index contributed by atoms with van der Waals surface area (Å²) in [7, 11) is 0. The normalized spacial score (nSPS) is 12.3. The first kappa shape index (κ1) is 20.1. The van der Waals surface area contributed by atoms with Crippen molar-refractivity contribution in [3.8, 4) is 0 Å². The van der Waals surface area contributed by atoms with Crippen LogP contribution in [0.4, 0.5) is 5.69 Å². The second-order valence-corrected chi connectivity index (χ2v) is 9.79. The van der Waals surface area contributed by atoms with Crippen LogP contribution >= 0.6 is 39.0 Å². The molecule has 0 fully saturated rings. The molecule has 1 aromatic carbocycles. The minimum atomic E-state index is -0.286. The van der Waals surface area contributed by atoms with Gasteiger partial charge in [-0.2, -0.15) is 0 Å². The van der Waals surface area contributed by atoms with E-state index in [1.165, 1.54) is 23.1 Å². The third-order valence-electron chi connectivity index (χ3n) is 4.31. The number of benzene rings is 1. The number of aromatic amines is 1. The van der Waals surface area contributed by atoms with Crippen molar-refractivity contribution in [2.45, 2.75) is 38.7 Å². The van der Waals surface area contributed by atoms with E-state index in [0.717, 1.165) is 31.0 Å². The Morgan fingerprint density at radius 2 is 2.11 bits per heavy atom. The van der Waals surface area contributed by atoms with Gasteiger partial charge >= 0.3 is 0 Å². The lowest BCUT2D eigenvalue weighted by Crippen LogP contribution is -2.23. The zero-order valence-corrected chi connectivity index (χ0v) is 18.7. The highest BCUT2D eigenvalue weighted by Gasteiger charge is 2.17. The highest BCUT2D eigenvalue weighted by molar-refractivity contribution is 9.10. The van der Waals surface area contributed by atoms with Gasteiger partial charge in [-0.3, -0.25) is 9.59 Å². The van der Waals surface area contributed by atoms with E-state index >= 15 is 0 Å². The number of halogens is 1. The average Bonchev–Trinajstić information content (AvgIpc) is 2.89. The van der Waals surface area contributed by atoms with Crippen molar-refractivity contribution in [2.75, 3.05) is 5.32 Å². The number of hydrogen-bond acceptors (Lipinski definition) is 5. The molecule has 5 nitrogen and oxygen atoms in total. The smallest absolute Gasteiger partial charge is 0.259 e. The second-order valence-electron chi connectivity index (χ2n) is 6.40. The number of anilines is 1. The van der Waals surface area contributed by atoms with Crippen LogP contribution in [0.1, 0.15) is 28.8 Å². The molecule has 3 rings (SSSR count). The van der Waals surface area contributed by atoms with Crippen LogP contribution in [0.25, 0.3) is 10.2 Å². The predicted molar refractivity (Wildman–Crippen MR) is 118 cm³/mol. The van der Waals surface area contributed by atoms with Crippen LogP contribution < -0.4 is 10.9 Å². The van der Waals surface area contributed by atoms with Crippen molar-refractivity contribution >= 4 is 60.8 Å². The van der Waals surface area contributed by atoms with Gasteiger partial charge in [-0.05, 0) is 66.9 Å². The van der Waals surface area contributed by atoms with E-state index in [1.54, 1.807) is 0 Å². The lowest BCUT2D eigenvalue weighted by molar-refractivity contribution is -0.115. The first-order chi connectivity index (χ1) is 12.8. The van der Waals surface area contributed by atoms with Gasteiger partial charge in [-0.1, -0.05) is 6.07 Å². The van der Waals surface area contributed by atoms with Gasteiger partial charge < -0.3 is 10.3 Å². The Bertz CT molecular complexity index is 1070. The number of carbonyl (C=O) groups is 1. The first-order valence-electron chi connectivity index (χ1n) is 8.43. The Labute approximate surface area is 174 Å². The van der Waals surface area contributed by atoms with Gasteiger partial charge in [-0.25, -0.2) is 4.98 Å². The molecule has 0 saturated carbocycles. The van der Waals surface area contributed by atoms with Crippen molar-refractivity contribution in [3.05, 3.63) is 54.9 Å². The number of thioether (sulfide) groups is 1. The van der Waals surface area contributed by atoms with Crippen molar-refractivity contribution in [3.63, 3.8) is 0 Å². The summed E-state index contributed by atoms with van der Waals surface area (Å²) < 4.78 is 0.855. The van der Waals surface area contributed by atoms with Gasteiger partial charge in [0.15, 0.2) is 0 Å². The number of nitrogens with zero attached hydrogens (tertiary/aromatic N) is 1. The molecule has 3 aromatic rings. The number of H-pyrrole nitrogens is 1. The number of amides is 1. The highest BCUT2D eigenvalue weighted by atomic mass is 79.9. The minimum Gasteiger partial charge on any atom is -0.324 e. The molecule has 1 amide bonds. The Kier molecular flexibility index (Phi) is 6.08. The van der Waals surface area contributed by atoms with Crippen LogP contribution in [0.5, 0.6) is 0 Å². The van der Waals surface area contributed by atoms with Crippen LogP contribution in [0, 0.1) is 20.8 Å². The van der Waals surface area contributed by atoms with Gasteiger partial charge in [0.1, 0.15) is 10.7 Å². The molecule has 0 spiro atoms. The van der Waals surface area contributed by atoms with Crippen LogP contribution in [-0.4, -0.2) is 21.1 Å². The average molecular weight is 466 g/mol. The summed E-state index contributed by atoms with van der Waals surface area (Å²) in [6.07, 6.45) is 0. The Balaban J connectivity index is 1.68. The molecule has 27 heavy (non-hydrogen) atoms. The van der Waals surface area contributed by atoms with Gasteiger partial charge in [0.05, 0.1) is 22.1 Å². The molecule has 0 radical (unpaired) electrons. The summed E-state index contributed by atoms with van der Waals surface area (Å²) >= 11 is 6.44. The summed E-state index contributed by atoms with van der Waals surface area (Å²) in [6.45, 7) is 7.77. The van der Waals surface area contributed by atoms with E-state index in [-0.39, 0.29) is 16.7 Å². The molecule has 1 atom stereocenters. The largest absolute Gasteiger partial charge is 0.324 e. The number of aromatic nitrogens is 2. The number of carbonyl (C=O) groups excluding carboxylic acids is 1. The lowest BCUT2D eigenvalue weighted by atomic mass is 10.2. The number of hydrogen-bond donors (Lipinski definition) is 2. The molecule has 0 bridgehead atoms. The Hall–Kier alpha value is -1.64. The van der Waals surface area contributed by atoms with E-state index < -0.39 is 0 Å². The van der Waals surface area contributed by atoms with E-state index in [9.17, 15) is 9.59 Å². The molecule has 2 heterocycles. The Morgan fingerprint density at radius 3 is 2.81 bits per heavy atom. The first-order valence-corrected chi connectivity index (χ1v) is 11.1. The molecule has 2 N–H and O–H groups in total. The van der Waals surface area contributed by atoms with Crippen molar-refractivity contribution in [2.24, 2.45) is 0 Å². The Morgan fingerprint density at radius 1 is 1.37 bits per heavy atom. The van der Waals surface area contributed by atoms with E-state index in [4.69, 9.17) is 0 Å². The predicted octanol–water partition coefficient (Wildman–Crippen LogP) is 4.93. The molecule has 0 aliphatic carbocycles. The van der Waals surface area contributed by atoms with Crippen LogP contribution in [0.3, 0.4) is 0 Å². The quantitative estimate of drug-likeness (QED) is 0.559. The molecule has 0 saturated heterocycles. The summed E-state index contributed by atoms with van der Waals surface area (Å²) in [5, 5.41) is 3.31. The number of aryl methyl sites for hydroxylation is 3. The van der Waals surface area contributed by atoms with Gasteiger partial charge in [-0.15, -0.1) is 23.1 Å². The summed E-state index contributed by atoms with van der Waals surface area (Å²) in [6, 6.07) is 5.79. The minimum absolute atomic E-state index is 0.0872. The van der Waals surface area contributed by atoms with Crippen molar-refractivity contribution in [1.29, 1.82) is 0 Å². The number of rotatable bonds is 5. The van der Waals surface area contributed by atoms with E-state index in [2.05, 4.69) is 31.2 Å². The van der Waals surface area contributed by atoms with Crippen molar-refractivity contribution < 1.29 is 4.79 Å². The molecule has 2 aromatic heterocycles. The summed E-state index contributed by atoms with van der Waals surface area (Å²) in [5.74, 6) is 0.968. The standard InChI is InChI=1S/C19H20BrN3O2S2/c1-9-5-6-14(13(20)7-9)21-17(24)12(4)26-8-15-22-18(25)16-10(2)11(3)27-19(16)23-15/h5-7,12H,8H2,1-4H3,(H,21,24)(H,22,23,25). The molecular weight excluding hydrogens is 446 g/mol. The van der Waals surface area contributed by atoms with Crippen LogP contribution in [-0.2, 0) is 10.5 Å². The topological polar surface area (TPSA) is 74.8 Å². The fourth-order valence-electron chi connectivity index (χ4n) is 2.60. The zero-order valence-electron chi connectivity index (χ0n) is 15.5. The maximum absolute atomic E-state index is 12.5. The van der Waals surface area contributed by atoms with Crippen LogP contribution in [0.15, 0.2) is 27.5 Å². The van der Waals surface area contributed by atoms with E-state index in [0.29, 0.717) is 17.0 Å². The fourth-order valence-corrected chi connectivity index (χ4v) is 5.00. The molecular formula is C19H20BrN3O2S2. The zero-order chi connectivity index (χ0) is 19.7. The van der Waals surface area contributed by atoms with Gasteiger partial charge in [0.25, 0.3) is 5.56 Å². The summed E-state index contributed by atoms with van der Waals surface area (Å²) in [5.41, 5.74) is 2.74. The fraction of sp³-hybridized carbons (Fsp3) is 0.316. The van der Waals surface area contributed by atoms with Gasteiger partial charge in [0.2, 0.25) is 5.91 Å². The molecule has 142 valence electrons. The third-order valence-corrected chi connectivity index (χ3v) is 7.22. The number of thiophene rings is 1. The monoisotopic (exact) mass is 465 g/mol. The summed E-state index contributed by atoms with van der Waals surface area (Å²) in [4.78, 5) is 34.1. The second kappa shape index (κ2) is 8.16. The lowest BCUT2D eigenvalue weighted by Gasteiger charge is -2.13. The maximum atomic E-state index is 12.5. The number of nitrogens with one attached hydrogen (secondary N) is 2. The SMILES string of the molecule is Cc1ccc(NC(=O)C(C)SCc2nc3sc(C)c(C)c3c(=O)[nH]2)c(Br)c1. The molecule has 8 heteroatoms. The maximum Gasteiger partial charge on any atom is 0.259 e. The highest BCUT2D eigenvalue weighted by Crippen LogP contribution is 2.27. The third kappa shape index (κ3) is 4.44. The number of fused-ring (bicyclic) bond motifs is 1. The van der Waals surface area contributed by atoms with E-state index in [1.807, 2.05) is 45.9 Å². The van der Waals surface area contributed by atoms with Crippen LogP contribution in [0.2, 0.25) is 0 Å².